The van der Waals surface area contributed by atoms with E-state index in [2.05, 4.69) is 20.0 Å². The number of carbonyl (C=O) groups is 1. The van der Waals surface area contributed by atoms with E-state index >= 15 is 0 Å². The van der Waals surface area contributed by atoms with Crippen molar-refractivity contribution in [1.82, 2.24) is 24.6 Å². The quantitative estimate of drug-likeness (QED) is 0.152. The third-order valence-electron chi connectivity index (χ3n) is 6.09. The topological polar surface area (TPSA) is 165 Å². The molecular formula is C25H34ClN6O7PS. The van der Waals surface area contributed by atoms with Crippen LogP contribution in [0.2, 0.25) is 0 Å². The first-order valence-corrected chi connectivity index (χ1v) is 16.0. The van der Waals surface area contributed by atoms with E-state index in [1.54, 1.807) is 56.5 Å². The van der Waals surface area contributed by atoms with Crippen molar-refractivity contribution in [3.8, 4) is 11.6 Å². The number of ether oxygens (including phenoxy) is 3. The van der Waals surface area contributed by atoms with E-state index in [1.165, 1.54) is 6.33 Å². The van der Waals surface area contributed by atoms with Crippen LogP contribution < -0.4 is 20.1 Å². The molecule has 13 nitrogen and oxygen atoms in total. The lowest BCUT2D eigenvalue weighted by atomic mass is 10.0. The molecule has 0 unspecified atom stereocenters. The van der Waals surface area contributed by atoms with Crippen molar-refractivity contribution in [2.75, 3.05) is 18.9 Å². The molecule has 1 aliphatic heterocycles. The number of nitrogens with one attached hydrogen (secondary N) is 1. The van der Waals surface area contributed by atoms with Crippen LogP contribution >= 0.6 is 18.2 Å². The number of alkyl halides is 1. The summed E-state index contributed by atoms with van der Waals surface area (Å²) in [4.78, 5) is 23.9. The maximum absolute atomic E-state index is 12.5. The number of nitrogen functional groups attached to an aromatic ring is 1. The summed E-state index contributed by atoms with van der Waals surface area (Å²) in [7, 11) is 0. The van der Waals surface area contributed by atoms with Crippen LogP contribution in [0.3, 0.4) is 0 Å². The van der Waals surface area contributed by atoms with Gasteiger partial charge in [-0.2, -0.15) is 9.97 Å². The molecule has 0 amide bonds. The molecule has 2 aromatic heterocycles. The molecule has 0 saturated carbocycles. The van der Waals surface area contributed by atoms with E-state index in [0.717, 1.165) is 0 Å². The van der Waals surface area contributed by atoms with Crippen LogP contribution in [0.15, 0.2) is 36.7 Å². The van der Waals surface area contributed by atoms with Gasteiger partial charge in [-0.05, 0) is 58.6 Å². The summed E-state index contributed by atoms with van der Waals surface area (Å²) in [6, 6.07) is 7.97. The number of nitrogens with two attached hydrogens (primary N) is 1. The number of aliphatic hydroxyl groups excluding tert-OH is 1. The summed E-state index contributed by atoms with van der Waals surface area (Å²) in [5.41, 5.74) is 6.59. The number of aromatic nitrogens is 4. The Morgan fingerprint density at radius 2 is 2.02 bits per heavy atom. The van der Waals surface area contributed by atoms with Crippen molar-refractivity contribution >= 4 is 53.1 Å². The van der Waals surface area contributed by atoms with Crippen LogP contribution in [-0.4, -0.2) is 73.0 Å². The Bertz CT molecular complexity index is 1410. The van der Waals surface area contributed by atoms with Crippen molar-refractivity contribution in [1.29, 1.82) is 0 Å². The van der Waals surface area contributed by atoms with Crippen molar-refractivity contribution < 1.29 is 33.2 Å². The minimum Gasteiger partial charge on any atom is -0.476 e. The number of benzene rings is 1. The molecule has 3 heterocycles. The second-order valence-electron chi connectivity index (χ2n) is 9.80. The van der Waals surface area contributed by atoms with Gasteiger partial charge in [0.05, 0.1) is 25.6 Å². The second-order valence-corrected chi connectivity index (χ2v) is 13.8. The van der Waals surface area contributed by atoms with E-state index in [4.69, 9.17) is 52.4 Å². The summed E-state index contributed by atoms with van der Waals surface area (Å²) >= 11 is 12.6. The fraction of sp³-hybridized carbons (Fsp3) is 0.520. The van der Waals surface area contributed by atoms with Crippen LogP contribution in [0.5, 0.6) is 11.6 Å². The predicted molar refractivity (Wildman–Crippen MR) is 156 cm³/mol. The molecular weight excluding hydrogens is 595 g/mol. The maximum atomic E-state index is 12.5. The van der Waals surface area contributed by atoms with Crippen molar-refractivity contribution in [2.24, 2.45) is 0 Å². The Balaban J connectivity index is 1.56. The molecule has 1 aromatic carbocycles. The number of imidazole rings is 1. The fourth-order valence-electron chi connectivity index (χ4n) is 4.17. The van der Waals surface area contributed by atoms with Gasteiger partial charge in [-0.15, -0.1) is 11.6 Å². The summed E-state index contributed by atoms with van der Waals surface area (Å²) < 4.78 is 30.7. The highest BCUT2D eigenvalue weighted by atomic mass is 35.5. The molecule has 0 aliphatic carbocycles. The van der Waals surface area contributed by atoms with E-state index in [-0.39, 0.29) is 24.5 Å². The number of nitrogens with zero attached hydrogens (tertiary/aromatic N) is 4. The summed E-state index contributed by atoms with van der Waals surface area (Å²) in [6.45, 7) is 5.29. The van der Waals surface area contributed by atoms with Gasteiger partial charge in [-0.1, -0.05) is 18.2 Å². The number of esters is 1. The fourth-order valence-corrected chi connectivity index (χ4v) is 6.89. The summed E-state index contributed by atoms with van der Waals surface area (Å²) in [6.07, 6.45) is -1.92. The van der Waals surface area contributed by atoms with E-state index < -0.39 is 42.0 Å². The molecule has 1 fully saturated rings. The molecule has 1 aliphatic rings. The number of fused-ring (bicyclic) bond motifs is 1. The number of para-hydroxylation sites is 1. The highest BCUT2D eigenvalue weighted by molar-refractivity contribution is 8.09. The SMILES string of the molecule is CCOc1nc(N)nc2c1ncn2[C@@H]1O[C@H](CO[P@@](=S)(N[C@H](C)C(=O)OC(C)C)Oc2ccccc2)[C@@H](O)[C@@]1(C)Cl. The highest BCUT2D eigenvalue weighted by Gasteiger charge is 2.54. The van der Waals surface area contributed by atoms with Crippen LogP contribution in [0.1, 0.15) is 40.8 Å². The van der Waals surface area contributed by atoms with E-state index in [9.17, 15) is 9.90 Å². The third kappa shape index (κ3) is 7.08. The van der Waals surface area contributed by atoms with Gasteiger partial charge >= 0.3 is 12.6 Å². The first-order chi connectivity index (χ1) is 19.3. The molecule has 3 aromatic rings. The molecule has 0 radical (unpaired) electrons. The van der Waals surface area contributed by atoms with Gasteiger partial charge < -0.3 is 34.1 Å². The van der Waals surface area contributed by atoms with Crippen LogP contribution in [0.25, 0.3) is 11.2 Å². The smallest absolute Gasteiger partial charge is 0.323 e. The molecule has 1 saturated heterocycles. The van der Waals surface area contributed by atoms with Gasteiger partial charge in [-0.25, -0.2) is 10.1 Å². The first kappa shape index (κ1) is 31.4. The molecule has 6 atom stereocenters. The molecule has 0 bridgehead atoms. The molecule has 0 spiro atoms. The minimum absolute atomic E-state index is 0.0210. The lowest BCUT2D eigenvalue weighted by molar-refractivity contribution is -0.149. The third-order valence-corrected chi connectivity index (χ3v) is 9.00. The lowest BCUT2D eigenvalue weighted by Gasteiger charge is -2.28. The van der Waals surface area contributed by atoms with Gasteiger partial charge in [-0.3, -0.25) is 9.36 Å². The van der Waals surface area contributed by atoms with Gasteiger partial charge in [0.15, 0.2) is 17.4 Å². The normalized spacial score (nSPS) is 24.7. The average Bonchev–Trinajstić information content (AvgIpc) is 3.41. The number of anilines is 1. The largest absolute Gasteiger partial charge is 0.476 e. The molecule has 16 heteroatoms. The number of halogens is 1. The molecule has 4 rings (SSSR count). The summed E-state index contributed by atoms with van der Waals surface area (Å²) in [5, 5.41) is 14.2. The van der Waals surface area contributed by atoms with Gasteiger partial charge in [0.2, 0.25) is 11.8 Å². The number of hydrogen-bond acceptors (Lipinski definition) is 12. The van der Waals surface area contributed by atoms with Crippen LogP contribution in [-0.2, 0) is 30.6 Å². The number of hydrogen-bond donors (Lipinski definition) is 3. The number of carbonyl (C=O) groups excluding carboxylic acids is 1. The molecule has 41 heavy (non-hydrogen) atoms. The monoisotopic (exact) mass is 628 g/mol. The predicted octanol–water partition coefficient (Wildman–Crippen LogP) is 3.31. The lowest BCUT2D eigenvalue weighted by Crippen LogP contribution is -2.40. The van der Waals surface area contributed by atoms with Gasteiger partial charge in [0.1, 0.15) is 28.9 Å². The standard InChI is InChI=1S/C25H34ClN6O7PS/c1-6-35-21-18-20(29-24(27)30-21)32(13-28-18)23-25(5,26)19(33)17(38-23)12-36-40(41,39-16-10-8-7-9-11-16)31-15(4)22(34)37-14(2)3/h7-11,13-15,17,19,23,33H,6,12H2,1-5H3,(H,31,41)(H2,27,29,30)/t15-,17-,19-,23-,25-,40+/m1/s1. The maximum Gasteiger partial charge on any atom is 0.323 e. The molecule has 224 valence electrons. The van der Waals surface area contributed by atoms with Crippen molar-refractivity contribution in [3.63, 3.8) is 0 Å². The Labute approximate surface area is 247 Å². The number of aliphatic hydroxyl groups is 1. The van der Waals surface area contributed by atoms with Crippen LogP contribution in [0, 0.1) is 0 Å². The first-order valence-electron chi connectivity index (χ1n) is 13.0. The van der Waals surface area contributed by atoms with Crippen LogP contribution in [0.4, 0.5) is 5.95 Å². The molecule has 4 N–H and O–H groups in total. The number of rotatable bonds is 12. The Hall–Kier alpha value is -2.58. The van der Waals surface area contributed by atoms with Gasteiger partial charge in [0, 0.05) is 0 Å². The summed E-state index contributed by atoms with van der Waals surface area (Å²) in [5.74, 6) is 0.124. The Morgan fingerprint density at radius 1 is 1.32 bits per heavy atom. The highest BCUT2D eigenvalue weighted by Crippen LogP contribution is 2.49. The second kappa shape index (κ2) is 12.7. The zero-order chi connectivity index (χ0) is 29.9. The minimum atomic E-state index is -3.38. The zero-order valence-electron chi connectivity index (χ0n) is 23.3. The average molecular weight is 629 g/mol. The zero-order valence-corrected chi connectivity index (χ0v) is 25.7. The van der Waals surface area contributed by atoms with E-state index in [0.29, 0.717) is 23.5 Å². The Morgan fingerprint density at radius 3 is 2.68 bits per heavy atom. The van der Waals surface area contributed by atoms with Gasteiger partial charge in [0.25, 0.3) is 0 Å². The van der Waals surface area contributed by atoms with Crippen molar-refractivity contribution in [2.45, 2.75) is 70.1 Å². The Kier molecular flexibility index (Phi) is 9.74. The van der Waals surface area contributed by atoms with Crippen molar-refractivity contribution in [3.05, 3.63) is 36.7 Å². The van der Waals surface area contributed by atoms with E-state index in [1.807, 2.05) is 13.0 Å².